The summed E-state index contributed by atoms with van der Waals surface area (Å²) in [4.78, 5) is 17.3. The van der Waals surface area contributed by atoms with Crippen molar-refractivity contribution in [2.45, 2.75) is 44.8 Å². The summed E-state index contributed by atoms with van der Waals surface area (Å²) in [6.45, 7) is -1.29. The summed E-state index contributed by atoms with van der Waals surface area (Å²) in [6, 6.07) is 6.72. The number of aromatic nitrogens is 3. The van der Waals surface area contributed by atoms with Crippen LogP contribution in [0.1, 0.15) is 42.6 Å². The highest BCUT2D eigenvalue weighted by molar-refractivity contribution is 7.92. The van der Waals surface area contributed by atoms with E-state index in [1.165, 1.54) is 35.1 Å². The number of nitrogens with zero attached hydrogens (tertiary/aromatic N) is 3. The van der Waals surface area contributed by atoms with Crippen molar-refractivity contribution in [3.8, 4) is 17.0 Å². The topological polar surface area (TPSA) is 91.2 Å². The lowest BCUT2D eigenvalue weighted by Crippen LogP contribution is -2.47. The zero-order valence-electron chi connectivity index (χ0n) is 18.5. The fraction of sp³-hybridized carbons (Fsp3) is 0.435. The third-order valence-electron chi connectivity index (χ3n) is 6.34. The molecule has 0 unspecified atom stereocenters. The van der Waals surface area contributed by atoms with Crippen molar-refractivity contribution < 1.29 is 35.5 Å². The van der Waals surface area contributed by atoms with E-state index < -0.39 is 46.7 Å². The molecule has 0 amide bonds. The Bertz CT molecular complexity index is 1420. The van der Waals surface area contributed by atoms with Crippen LogP contribution < -0.4 is 4.74 Å². The van der Waals surface area contributed by atoms with Crippen molar-refractivity contribution in [2.75, 3.05) is 11.5 Å². The summed E-state index contributed by atoms with van der Waals surface area (Å²) in [7, 11) is -3.13. The van der Waals surface area contributed by atoms with E-state index in [1.807, 2.05) is 0 Å². The van der Waals surface area contributed by atoms with Gasteiger partial charge in [-0.05, 0) is 18.2 Å². The Morgan fingerprint density at radius 2 is 1.94 bits per heavy atom. The number of hydrogen-bond acceptors (Lipinski definition) is 6. The average molecular weight is 511 g/mol. The molecule has 0 spiro atoms. The van der Waals surface area contributed by atoms with Crippen LogP contribution in [0.2, 0.25) is 0 Å². The predicted molar refractivity (Wildman–Crippen MR) is 119 cm³/mol. The van der Waals surface area contributed by atoms with Gasteiger partial charge in [-0.15, -0.1) is 0 Å². The van der Waals surface area contributed by atoms with E-state index in [0.717, 1.165) is 0 Å². The molecule has 35 heavy (non-hydrogen) atoms. The number of alkyl halides is 4. The molecule has 1 aromatic carbocycles. The van der Waals surface area contributed by atoms with Crippen LogP contribution in [-0.2, 0) is 9.84 Å². The summed E-state index contributed by atoms with van der Waals surface area (Å²) in [5.41, 5.74) is 0.929. The molecule has 3 aromatic rings. The SMILES string of the molecule is CC1(CC(=O)c2cnc3c(-c4cccc(OC(F)F)c4)nn(C4CC(F)(F)C4)c3c2)CS(=O)(=O)C1. The van der Waals surface area contributed by atoms with Crippen molar-refractivity contribution in [3.63, 3.8) is 0 Å². The van der Waals surface area contributed by atoms with Crippen LogP contribution in [0, 0.1) is 5.41 Å². The van der Waals surface area contributed by atoms with Gasteiger partial charge in [0.25, 0.3) is 5.92 Å². The first-order chi connectivity index (χ1) is 16.3. The minimum absolute atomic E-state index is 0.00885. The Morgan fingerprint density at radius 3 is 2.57 bits per heavy atom. The van der Waals surface area contributed by atoms with Crippen LogP contribution in [0.3, 0.4) is 0 Å². The van der Waals surface area contributed by atoms with Crippen LogP contribution in [0.4, 0.5) is 17.6 Å². The second-order valence-electron chi connectivity index (χ2n) is 9.65. The third-order valence-corrected chi connectivity index (χ3v) is 8.61. The van der Waals surface area contributed by atoms with Crippen LogP contribution in [0.5, 0.6) is 5.75 Å². The molecule has 1 saturated carbocycles. The van der Waals surface area contributed by atoms with Gasteiger partial charge in [0.2, 0.25) is 0 Å². The molecule has 2 aromatic heterocycles. The smallest absolute Gasteiger partial charge is 0.387 e. The van der Waals surface area contributed by atoms with Crippen molar-refractivity contribution in [1.82, 2.24) is 14.8 Å². The van der Waals surface area contributed by atoms with Crippen LogP contribution in [0.25, 0.3) is 22.3 Å². The molecule has 2 aliphatic rings. The van der Waals surface area contributed by atoms with Crippen LogP contribution in [-0.4, -0.2) is 53.0 Å². The van der Waals surface area contributed by atoms with Gasteiger partial charge in [0.05, 0.1) is 23.1 Å². The van der Waals surface area contributed by atoms with Gasteiger partial charge < -0.3 is 4.74 Å². The quantitative estimate of drug-likeness (QED) is 0.338. The summed E-state index contributed by atoms with van der Waals surface area (Å²) >= 11 is 0. The standard InChI is InChI=1S/C23H21F4N3O4S/c1-22(11-35(32,33)12-22)9-18(31)14-6-17-20(28-10-14)19(29-30(17)15-7-23(26,27)8-15)13-3-2-4-16(5-13)34-21(24)25/h2-6,10,15,21H,7-9,11-12H2,1H3. The first-order valence-corrected chi connectivity index (χ1v) is 12.7. The normalized spacial score (nSPS) is 20.4. The Hall–Kier alpha value is -3.02. The number of ether oxygens (including phenoxy) is 1. The maximum atomic E-state index is 13.6. The first kappa shape index (κ1) is 23.7. The molecule has 186 valence electrons. The lowest BCUT2D eigenvalue weighted by Gasteiger charge is -2.37. The number of carbonyl (C=O) groups is 1. The summed E-state index contributed by atoms with van der Waals surface area (Å²) in [6.07, 6.45) is 0.498. The highest BCUT2D eigenvalue weighted by Gasteiger charge is 2.48. The molecule has 0 radical (unpaired) electrons. The van der Waals surface area contributed by atoms with E-state index in [2.05, 4.69) is 14.8 Å². The maximum Gasteiger partial charge on any atom is 0.387 e. The van der Waals surface area contributed by atoms with Gasteiger partial charge in [0, 0.05) is 42.0 Å². The highest BCUT2D eigenvalue weighted by Crippen LogP contribution is 2.47. The number of fused-ring (bicyclic) bond motifs is 1. The van der Waals surface area contributed by atoms with Gasteiger partial charge in [0.1, 0.15) is 17.0 Å². The second kappa shape index (κ2) is 8.00. The molecule has 1 saturated heterocycles. The Labute approximate surface area is 198 Å². The minimum atomic E-state index is -3.13. The maximum absolute atomic E-state index is 13.6. The second-order valence-corrected chi connectivity index (χ2v) is 11.7. The molecule has 0 N–H and O–H groups in total. The molecule has 1 aliphatic heterocycles. The first-order valence-electron chi connectivity index (χ1n) is 10.9. The van der Waals surface area contributed by atoms with Crippen LogP contribution >= 0.6 is 0 Å². The van der Waals surface area contributed by atoms with Gasteiger partial charge in [0.15, 0.2) is 15.6 Å². The van der Waals surface area contributed by atoms with Crippen molar-refractivity contribution in [2.24, 2.45) is 5.41 Å². The number of ketones is 1. The molecule has 0 atom stereocenters. The zero-order chi connectivity index (χ0) is 25.2. The van der Waals surface area contributed by atoms with E-state index >= 15 is 0 Å². The van der Waals surface area contributed by atoms with Gasteiger partial charge in [-0.25, -0.2) is 17.2 Å². The summed E-state index contributed by atoms with van der Waals surface area (Å²) in [5.74, 6) is -3.36. The van der Waals surface area contributed by atoms with E-state index in [1.54, 1.807) is 13.0 Å². The number of pyridine rings is 1. The number of sulfone groups is 1. The monoisotopic (exact) mass is 511 g/mol. The number of hydrogen-bond donors (Lipinski definition) is 0. The lowest BCUT2D eigenvalue weighted by atomic mass is 9.86. The number of halogens is 4. The molecule has 3 heterocycles. The largest absolute Gasteiger partial charge is 0.435 e. The van der Waals surface area contributed by atoms with Gasteiger partial charge in [-0.1, -0.05) is 19.1 Å². The molecule has 1 aliphatic carbocycles. The Kier molecular flexibility index (Phi) is 5.42. The minimum Gasteiger partial charge on any atom is -0.435 e. The molecular weight excluding hydrogens is 490 g/mol. The predicted octanol–water partition coefficient (Wildman–Crippen LogP) is 4.68. The zero-order valence-corrected chi connectivity index (χ0v) is 19.4. The molecule has 12 heteroatoms. The fourth-order valence-electron chi connectivity index (χ4n) is 4.88. The van der Waals surface area contributed by atoms with Gasteiger partial charge in [-0.2, -0.15) is 13.9 Å². The van der Waals surface area contributed by atoms with Gasteiger partial charge >= 0.3 is 6.61 Å². The van der Waals surface area contributed by atoms with E-state index in [-0.39, 0.29) is 40.7 Å². The molecular formula is C23H21F4N3O4S. The number of Topliss-reactive ketones (excluding diaryl/α,β-unsaturated/α-hetero) is 1. The Balaban J connectivity index is 1.53. The van der Waals surface area contributed by atoms with Crippen molar-refractivity contribution in [3.05, 3.63) is 42.1 Å². The van der Waals surface area contributed by atoms with Crippen LogP contribution in [0.15, 0.2) is 36.5 Å². The third kappa shape index (κ3) is 4.63. The van der Waals surface area contributed by atoms with Crippen molar-refractivity contribution in [1.29, 1.82) is 0 Å². The molecule has 0 bridgehead atoms. The summed E-state index contributed by atoms with van der Waals surface area (Å²) in [5, 5.41) is 4.48. The van der Waals surface area contributed by atoms with Gasteiger partial charge in [-0.3, -0.25) is 14.5 Å². The number of carbonyl (C=O) groups excluding carboxylic acids is 1. The molecule has 2 fully saturated rings. The molecule has 5 rings (SSSR count). The van der Waals surface area contributed by atoms with E-state index in [0.29, 0.717) is 16.6 Å². The summed E-state index contributed by atoms with van der Waals surface area (Å²) < 4.78 is 81.6. The average Bonchev–Trinajstić information content (AvgIpc) is 3.08. The fourth-order valence-corrected chi connectivity index (χ4v) is 7.12. The van der Waals surface area contributed by atoms with Crippen molar-refractivity contribution >= 4 is 26.7 Å². The van der Waals surface area contributed by atoms with E-state index in [9.17, 15) is 30.8 Å². The van der Waals surface area contributed by atoms with E-state index in [4.69, 9.17) is 0 Å². The highest BCUT2D eigenvalue weighted by atomic mass is 32.2. The number of rotatable bonds is 7. The molecule has 7 nitrogen and oxygen atoms in total. The Morgan fingerprint density at radius 1 is 1.23 bits per heavy atom. The number of benzene rings is 1. The lowest BCUT2D eigenvalue weighted by molar-refractivity contribution is -0.105.